The molecule has 0 amide bonds. The second-order valence-corrected chi connectivity index (χ2v) is 6.76. The van der Waals surface area contributed by atoms with Gasteiger partial charge < -0.3 is 11.1 Å². The van der Waals surface area contributed by atoms with E-state index < -0.39 is 0 Å². The Kier molecular flexibility index (Phi) is 5.62. The Labute approximate surface area is 124 Å². The third kappa shape index (κ3) is 4.07. The monoisotopic (exact) mass is 274 g/mol. The first kappa shape index (κ1) is 15.5. The third-order valence-corrected chi connectivity index (χ3v) is 5.07. The summed E-state index contributed by atoms with van der Waals surface area (Å²) in [6, 6.07) is 10.7. The summed E-state index contributed by atoms with van der Waals surface area (Å²) in [7, 11) is 0. The number of hydrogen-bond donors (Lipinski definition) is 2. The van der Waals surface area contributed by atoms with E-state index in [1.807, 2.05) is 0 Å². The van der Waals surface area contributed by atoms with Gasteiger partial charge in [0.15, 0.2) is 0 Å². The molecule has 0 heterocycles. The highest BCUT2D eigenvalue weighted by molar-refractivity contribution is 5.15. The lowest BCUT2D eigenvalue weighted by Crippen LogP contribution is -2.50. The van der Waals surface area contributed by atoms with E-state index in [0.717, 1.165) is 24.9 Å². The van der Waals surface area contributed by atoms with Gasteiger partial charge in [-0.3, -0.25) is 0 Å². The van der Waals surface area contributed by atoms with Gasteiger partial charge in [0.1, 0.15) is 0 Å². The molecular formula is C18H30N2. The first-order valence-electron chi connectivity index (χ1n) is 8.14. The van der Waals surface area contributed by atoms with Gasteiger partial charge in [-0.15, -0.1) is 0 Å². The van der Waals surface area contributed by atoms with E-state index >= 15 is 0 Å². The molecule has 3 N–H and O–H groups in total. The number of nitrogens with two attached hydrogens (primary N) is 1. The highest BCUT2D eigenvalue weighted by atomic mass is 15.0. The average Bonchev–Trinajstić information content (AvgIpc) is 2.69. The van der Waals surface area contributed by atoms with Gasteiger partial charge in [0.2, 0.25) is 0 Å². The Morgan fingerprint density at radius 1 is 1.20 bits per heavy atom. The summed E-state index contributed by atoms with van der Waals surface area (Å²) in [4.78, 5) is 0. The highest BCUT2D eigenvalue weighted by Crippen LogP contribution is 2.33. The molecule has 1 aromatic carbocycles. The number of nitrogens with one attached hydrogen (secondary N) is 1. The predicted octanol–water partition coefficient (Wildman–Crippen LogP) is 3.71. The Hall–Kier alpha value is -0.860. The number of rotatable bonds is 5. The molecule has 2 nitrogen and oxygen atoms in total. The van der Waals surface area contributed by atoms with Gasteiger partial charge in [0, 0.05) is 18.6 Å². The molecule has 0 spiro atoms. The molecule has 1 aliphatic rings. The quantitative estimate of drug-likeness (QED) is 0.803. The maximum Gasteiger partial charge on any atom is 0.0307 e. The van der Waals surface area contributed by atoms with Gasteiger partial charge in [0.05, 0.1) is 0 Å². The molecule has 2 unspecified atom stereocenters. The van der Waals surface area contributed by atoms with Crippen LogP contribution in [0.2, 0.25) is 0 Å². The van der Waals surface area contributed by atoms with Crippen molar-refractivity contribution in [3.63, 3.8) is 0 Å². The van der Waals surface area contributed by atoms with Gasteiger partial charge in [0.25, 0.3) is 0 Å². The molecule has 1 saturated carbocycles. The van der Waals surface area contributed by atoms with Crippen LogP contribution in [0.25, 0.3) is 0 Å². The van der Waals surface area contributed by atoms with Crippen LogP contribution < -0.4 is 11.1 Å². The molecule has 112 valence electrons. The summed E-state index contributed by atoms with van der Waals surface area (Å²) < 4.78 is 0. The fourth-order valence-electron chi connectivity index (χ4n) is 3.44. The lowest BCUT2D eigenvalue weighted by Gasteiger charge is -2.33. The average molecular weight is 274 g/mol. The molecule has 2 heteroatoms. The van der Waals surface area contributed by atoms with Crippen molar-refractivity contribution in [2.45, 2.75) is 58.0 Å². The molecule has 20 heavy (non-hydrogen) atoms. The molecule has 2 atom stereocenters. The van der Waals surface area contributed by atoms with E-state index in [1.165, 1.54) is 37.7 Å². The molecule has 1 fully saturated rings. The maximum absolute atomic E-state index is 6.13. The van der Waals surface area contributed by atoms with Crippen LogP contribution in [0.1, 0.15) is 51.5 Å². The first-order chi connectivity index (χ1) is 9.65. The van der Waals surface area contributed by atoms with Crippen LogP contribution >= 0.6 is 0 Å². The molecule has 0 aliphatic heterocycles. The molecular weight excluding hydrogens is 244 g/mol. The molecule has 0 bridgehead atoms. The molecule has 0 radical (unpaired) electrons. The SMILES string of the molecule is CC(C)C1CCCC(CN)(NCc2ccccc2)CC1. The topological polar surface area (TPSA) is 38.0 Å². The van der Waals surface area contributed by atoms with E-state index in [-0.39, 0.29) is 5.54 Å². The van der Waals surface area contributed by atoms with Crippen LogP contribution in [-0.2, 0) is 6.54 Å². The summed E-state index contributed by atoms with van der Waals surface area (Å²) in [5.74, 6) is 1.68. The van der Waals surface area contributed by atoms with Crippen LogP contribution in [-0.4, -0.2) is 12.1 Å². The van der Waals surface area contributed by atoms with Crippen LogP contribution in [0.5, 0.6) is 0 Å². The lowest BCUT2D eigenvalue weighted by molar-refractivity contribution is 0.276. The molecule has 2 rings (SSSR count). The second-order valence-electron chi connectivity index (χ2n) is 6.76. The van der Waals surface area contributed by atoms with Crippen LogP contribution in [0.15, 0.2) is 30.3 Å². The molecule has 1 aliphatic carbocycles. The Morgan fingerprint density at radius 3 is 2.60 bits per heavy atom. The van der Waals surface area contributed by atoms with E-state index in [4.69, 9.17) is 5.73 Å². The van der Waals surface area contributed by atoms with Crippen molar-refractivity contribution in [2.24, 2.45) is 17.6 Å². The van der Waals surface area contributed by atoms with Crippen molar-refractivity contribution in [1.29, 1.82) is 0 Å². The van der Waals surface area contributed by atoms with Crippen molar-refractivity contribution in [3.8, 4) is 0 Å². The fraction of sp³-hybridized carbons (Fsp3) is 0.667. The standard InChI is InChI=1S/C18H30N2/c1-15(2)17-9-6-11-18(14-19,12-10-17)20-13-16-7-4-3-5-8-16/h3-5,7-8,15,17,20H,6,9-14,19H2,1-2H3. The van der Waals surface area contributed by atoms with E-state index in [0.29, 0.717) is 0 Å². The van der Waals surface area contributed by atoms with E-state index in [9.17, 15) is 0 Å². The van der Waals surface area contributed by atoms with E-state index in [1.54, 1.807) is 0 Å². The Morgan fingerprint density at radius 2 is 1.95 bits per heavy atom. The smallest absolute Gasteiger partial charge is 0.0307 e. The normalized spacial score (nSPS) is 27.5. The zero-order valence-corrected chi connectivity index (χ0v) is 13.1. The Balaban J connectivity index is 1.95. The van der Waals surface area contributed by atoms with Crippen LogP contribution in [0, 0.1) is 11.8 Å². The Bertz CT molecular complexity index is 388. The molecule has 0 saturated heterocycles. The van der Waals surface area contributed by atoms with Crippen LogP contribution in [0.4, 0.5) is 0 Å². The van der Waals surface area contributed by atoms with Crippen molar-refractivity contribution in [2.75, 3.05) is 6.54 Å². The molecule has 1 aromatic rings. The van der Waals surface area contributed by atoms with Crippen molar-refractivity contribution in [3.05, 3.63) is 35.9 Å². The fourth-order valence-corrected chi connectivity index (χ4v) is 3.44. The number of benzene rings is 1. The van der Waals surface area contributed by atoms with Gasteiger partial charge >= 0.3 is 0 Å². The maximum atomic E-state index is 6.13. The zero-order valence-electron chi connectivity index (χ0n) is 13.1. The summed E-state index contributed by atoms with van der Waals surface area (Å²) in [5.41, 5.74) is 7.63. The molecule has 0 aromatic heterocycles. The summed E-state index contributed by atoms with van der Waals surface area (Å²) in [6.07, 6.45) is 6.43. The summed E-state index contributed by atoms with van der Waals surface area (Å²) >= 11 is 0. The van der Waals surface area contributed by atoms with Crippen molar-refractivity contribution in [1.82, 2.24) is 5.32 Å². The minimum absolute atomic E-state index is 0.152. The largest absolute Gasteiger partial charge is 0.329 e. The summed E-state index contributed by atoms with van der Waals surface area (Å²) in [5, 5.41) is 3.78. The minimum atomic E-state index is 0.152. The first-order valence-corrected chi connectivity index (χ1v) is 8.14. The van der Waals surface area contributed by atoms with Gasteiger partial charge in [-0.25, -0.2) is 0 Å². The summed E-state index contributed by atoms with van der Waals surface area (Å²) in [6.45, 7) is 6.41. The second kappa shape index (κ2) is 7.24. The van der Waals surface area contributed by atoms with Crippen molar-refractivity contribution >= 4 is 0 Å². The number of hydrogen-bond acceptors (Lipinski definition) is 2. The van der Waals surface area contributed by atoms with Gasteiger partial charge in [-0.05, 0) is 36.7 Å². The van der Waals surface area contributed by atoms with E-state index in [2.05, 4.69) is 49.5 Å². The van der Waals surface area contributed by atoms with Crippen molar-refractivity contribution < 1.29 is 0 Å². The zero-order chi connectivity index (χ0) is 14.4. The highest BCUT2D eigenvalue weighted by Gasteiger charge is 2.32. The third-order valence-electron chi connectivity index (χ3n) is 5.07. The lowest BCUT2D eigenvalue weighted by atomic mass is 9.86. The minimum Gasteiger partial charge on any atom is -0.329 e. The van der Waals surface area contributed by atoms with Crippen LogP contribution in [0.3, 0.4) is 0 Å². The van der Waals surface area contributed by atoms with Gasteiger partial charge in [-0.2, -0.15) is 0 Å². The van der Waals surface area contributed by atoms with Gasteiger partial charge in [-0.1, -0.05) is 57.0 Å². The predicted molar refractivity (Wildman–Crippen MR) is 86.5 cm³/mol.